The molecule has 162 valence electrons. The highest BCUT2D eigenvalue weighted by Crippen LogP contribution is 2.43. The third-order valence-corrected chi connectivity index (χ3v) is 6.65. The van der Waals surface area contributed by atoms with Crippen molar-refractivity contribution in [3.8, 4) is 5.75 Å². The molecule has 2 N–H and O–H groups in total. The van der Waals surface area contributed by atoms with Gasteiger partial charge in [-0.25, -0.2) is 0 Å². The fourth-order valence-electron chi connectivity index (χ4n) is 4.53. The molecular formula is C23H38N4O2. The van der Waals surface area contributed by atoms with Crippen molar-refractivity contribution >= 4 is 5.96 Å². The average Bonchev–Trinajstić information content (AvgIpc) is 3.26. The molecule has 0 bridgehead atoms. The molecule has 2 fully saturated rings. The van der Waals surface area contributed by atoms with E-state index < -0.39 is 0 Å². The Balaban J connectivity index is 1.58. The molecule has 0 radical (unpaired) electrons. The lowest BCUT2D eigenvalue weighted by atomic mass is 9.67. The SMILES string of the molecule is CN=C(NCC(c1ccc(OC)cc1)N1CCCC1)NCC1(CCOC)CCC1. The number of guanidine groups is 1. The van der Waals surface area contributed by atoms with Crippen LogP contribution in [0.3, 0.4) is 0 Å². The quantitative estimate of drug-likeness (QED) is 0.465. The van der Waals surface area contributed by atoms with E-state index in [0.717, 1.165) is 50.9 Å². The summed E-state index contributed by atoms with van der Waals surface area (Å²) in [5.41, 5.74) is 1.70. The average molecular weight is 403 g/mol. The van der Waals surface area contributed by atoms with Crippen molar-refractivity contribution in [2.24, 2.45) is 10.4 Å². The molecule has 0 amide bonds. The second-order valence-corrected chi connectivity index (χ2v) is 8.44. The Morgan fingerprint density at radius 3 is 2.38 bits per heavy atom. The van der Waals surface area contributed by atoms with Gasteiger partial charge in [0.25, 0.3) is 0 Å². The maximum absolute atomic E-state index is 5.33. The molecule has 1 aliphatic heterocycles. The van der Waals surface area contributed by atoms with E-state index in [0.29, 0.717) is 11.5 Å². The highest BCUT2D eigenvalue weighted by Gasteiger charge is 2.36. The van der Waals surface area contributed by atoms with Gasteiger partial charge in [-0.05, 0) is 68.3 Å². The first-order chi connectivity index (χ1) is 14.2. The van der Waals surface area contributed by atoms with Crippen LogP contribution in [0, 0.1) is 5.41 Å². The number of hydrogen-bond donors (Lipinski definition) is 2. The topological polar surface area (TPSA) is 58.1 Å². The minimum atomic E-state index is 0.341. The van der Waals surface area contributed by atoms with E-state index in [1.165, 1.54) is 37.7 Å². The van der Waals surface area contributed by atoms with Crippen molar-refractivity contribution in [2.75, 3.05) is 54.1 Å². The molecule has 1 aliphatic carbocycles. The first-order valence-electron chi connectivity index (χ1n) is 11.0. The summed E-state index contributed by atoms with van der Waals surface area (Å²) in [7, 11) is 5.36. The van der Waals surface area contributed by atoms with Crippen molar-refractivity contribution in [3.05, 3.63) is 29.8 Å². The van der Waals surface area contributed by atoms with E-state index in [-0.39, 0.29) is 0 Å². The highest BCUT2D eigenvalue weighted by molar-refractivity contribution is 5.79. The number of benzene rings is 1. The van der Waals surface area contributed by atoms with Gasteiger partial charge in [0.15, 0.2) is 5.96 Å². The van der Waals surface area contributed by atoms with Crippen LogP contribution < -0.4 is 15.4 Å². The van der Waals surface area contributed by atoms with Gasteiger partial charge in [0.2, 0.25) is 0 Å². The molecule has 2 aliphatic rings. The first kappa shape index (κ1) is 21.9. The van der Waals surface area contributed by atoms with Crippen LogP contribution in [0.4, 0.5) is 0 Å². The Bertz CT molecular complexity index is 637. The fourth-order valence-corrected chi connectivity index (χ4v) is 4.53. The van der Waals surface area contributed by atoms with Crippen molar-refractivity contribution in [2.45, 2.75) is 44.6 Å². The molecule has 29 heavy (non-hydrogen) atoms. The van der Waals surface area contributed by atoms with E-state index in [1.807, 2.05) is 7.05 Å². The largest absolute Gasteiger partial charge is 0.497 e. The zero-order chi connectivity index (χ0) is 20.5. The Kier molecular flexibility index (Phi) is 8.19. The van der Waals surface area contributed by atoms with Crippen molar-refractivity contribution in [3.63, 3.8) is 0 Å². The van der Waals surface area contributed by atoms with Crippen LogP contribution in [-0.2, 0) is 4.74 Å². The van der Waals surface area contributed by atoms with Crippen LogP contribution in [0.15, 0.2) is 29.3 Å². The van der Waals surface area contributed by atoms with E-state index in [4.69, 9.17) is 9.47 Å². The van der Waals surface area contributed by atoms with Gasteiger partial charge in [-0.1, -0.05) is 18.6 Å². The van der Waals surface area contributed by atoms with Crippen LogP contribution >= 0.6 is 0 Å². The van der Waals surface area contributed by atoms with Gasteiger partial charge in [-0.3, -0.25) is 9.89 Å². The summed E-state index contributed by atoms with van der Waals surface area (Å²) in [6, 6.07) is 8.83. The van der Waals surface area contributed by atoms with Gasteiger partial charge in [0.1, 0.15) is 5.75 Å². The maximum atomic E-state index is 5.33. The summed E-state index contributed by atoms with van der Waals surface area (Å²) in [6.07, 6.45) is 7.57. The summed E-state index contributed by atoms with van der Waals surface area (Å²) in [5.74, 6) is 1.80. The van der Waals surface area contributed by atoms with Crippen molar-refractivity contribution in [1.29, 1.82) is 0 Å². The lowest BCUT2D eigenvalue weighted by Crippen LogP contribution is -2.48. The Morgan fingerprint density at radius 2 is 1.83 bits per heavy atom. The molecule has 0 spiro atoms. The summed E-state index contributed by atoms with van der Waals surface area (Å²) in [5, 5.41) is 7.17. The lowest BCUT2D eigenvalue weighted by molar-refractivity contribution is 0.0732. The van der Waals surface area contributed by atoms with Crippen LogP contribution in [0.1, 0.15) is 50.1 Å². The second-order valence-electron chi connectivity index (χ2n) is 8.44. The third-order valence-electron chi connectivity index (χ3n) is 6.65. The number of hydrogen-bond acceptors (Lipinski definition) is 4. The zero-order valence-electron chi connectivity index (χ0n) is 18.4. The van der Waals surface area contributed by atoms with E-state index >= 15 is 0 Å². The molecule has 1 aromatic carbocycles. The predicted molar refractivity (Wildman–Crippen MR) is 119 cm³/mol. The minimum absolute atomic E-state index is 0.341. The lowest BCUT2D eigenvalue weighted by Gasteiger charge is -2.42. The molecule has 1 unspecified atom stereocenters. The standard InChI is InChI=1S/C23H38N4O2/c1-24-22(26-18-23(11-6-12-23)13-16-28-2)25-17-21(27-14-4-5-15-27)19-7-9-20(29-3)10-8-19/h7-10,21H,4-6,11-18H2,1-3H3,(H2,24,25,26). The van der Waals surface area contributed by atoms with Crippen LogP contribution in [0.25, 0.3) is 0 Å². The summed E-state index contributed by atoms with van der Waals surface area (Å²) in [6.45, 7) is 4.96. The molecule has 3 rings (SSSR count). The van der Waals surface area contributed by atoms with E-state index in [1.54, 1.807) is 14.2 Å². The van der Waals surface area contributed by atoms with Gasteiger partial charge in [-0.2, -0.15) is 0 Å². The monoisotopic (exact) mass is 402 g/mol. The number of ether oxygens (including phenoxy) is 2. The number of nitrogens with zero attached hydrogens (tertiary/aromatic N) is 2. The number of aliphatic imine (C=N–C) groups is 1. The molecule has 1 saturated heterocycles. The molecule has 6 heteroatoms. The smallest absolute Gasteiger partial charge is 0.191 e. The Labute approximate surface area is 176 Å². The van der Waals surface area contributed by atoms with E-state index in [2.05, 4.69) is 44.8 Å². The number of likely N-dealkylation sites (tertiary alicyclic amines) is 1. The third kappa shape index (κ3) is 5.86. The van der Waals surface area contributed by atoms with E-state index in [9.17, 15) is 0 Å². The summed E-state index contributed by atoms with van der Waals surface area (Å²) in [4.78, 5) is 7.05. The predicted octanol–water partition coefficient (Wildman–Crippen LogP) is 3.20. The summed E-state index contributed by atoms with van der Waals surface area (Å²) < 4.78 is 10.7. The molecule has 0 aromatic heterocycles. The number of methoxy groups -OCH3 is 2. The first-order valence-corrected chi connectivity index (χ1v) is 11.0. The van der Waals surface area contributed by atoms with Gasteiger partial charge in [-0.15, -0.1) is 0 Å². The van der Waals surface area contributed by atoms with Gasteiger partial charge in [0.05, 0.1) is 13.2 Å². The van der Waals surface area contributed by atoms with Gasteiger partial charge in [0, 0.05) is 33.9 Å². The summed E-state index contributed by atoms with van der Waals surface area (Å²) >= 11 is 0. The van der Waals surface area contributed by atoms with Crippen molar-refractivity contribution in [1.82, 2.24) is 15.5 Å². The van der Waals surface area contributed by atoms with Crippen molar-refractivity contribution < 1.29 is 9.47 Å². The molecule has 1 saturated carbocycles. The molecule has 1 heterocycles. The molecular weight excluding hydrogens is 364 g/mol. The van der Waals surface area contributed by atoms with Crippen LogP contribution in [-0.4, -0.2) is 64.9 Å². The minimum Gasteiger partial charge on any atom is -0.497 e. The van der Waals surface area contributed by atoms with Crippen LogP contribution in [0.5, 0.6) is 5.75 Å². The number of rotatable bonds is 10. The van der Waals surface area contributed by atoms with Gasteiger partial charge < -0.3 is 20.1 Å². The Hall–Kier alpha value is -1.79. The molecule has 1 atom stereocenters. The molecule has 1 aromatic rings. The number of nitrogens with one attached hydrogen (secondary N) is 2. The zero-order valence-corrected chi connectivity index (χ0v) is 18.4. The van der Waals surface area contributed by atoms with Crippen LogP contribution in [0.2, 0.25) is 0 Å². The molecule has 6 nitrogen and oxygen atoms in total. The Morgan fingerprint density at radius 1 is 1.10 bits per heavy atom. The van der Waals surface area contributed by atoms with Gasteiger partial charge >= 0.3 is 0 Å². The fraction of sp³-hybridized carbons (Fsp3) is 0.696. The second kappa shape index (κ2) is 10.8. The highest BCUT2D eigenvalue weighted by atomic mass is 16.5. The normalized spacial score (nSPS) is 20.2. The maximum Gasteiger partial charge on any atom is 0.191 e.